The summed E-state index contributed by atoms with van der Waals surface area (Å²) in [6, 6.07) is 6.64. The molecule has 0 unspecified atom stereocenters. The van der Waals surface area contributed by atoms with Gasteiger partial charge in [-0.05, 0) is 47.6 Å². The molecule has 0 spiro atoms. The zero-order valence-corrected chi connectivity index (χ0v) is 16.5. The number of fused-ring (bicyclic) bond motifs is 3. The molecule has 0 amide bonds. The van der Waals surface area contributed by atoms with E-state index in [-0.39, 0.29) is 0 Å². The number of rotatable bonds is 3. The minimum absolute atomic E-state index is 0.594. The number of H-pyrrole nitrogens is 1. The molecule has 1 fully saturated rings. The minimum Gasteiger partial charge on any atom is -0.346 e. The number of pyridine rings is 1. The van der Waals surface area contributed by atoms with E-state index in [4.69, 9.17) is 0 Å². The summed E-state index contributed by atoms with van der Waals surface area (Å²) in [6.45, 7) is 2.30. The van der Waals surface area contributed by atoms with E-state index in [0.29, 0.717) is 5.92 Å². The van der Waals surface area contributed by atoms with Crippen molar-refractivity contribution in [2.45, 2.75) is 18.8 Å². The van der Waals surface area contributed by atoms with Crippen molar-refractivity contribution in [2.75, 3.05) is 19.3 Å². The SMILES string of the molecule is CSN1CCC(c2c[nH]c3ncc4ccc(-c5cnn(C)c5)cc4c23)CC1. The molecule has 6 heteroatoms. The van der Waals surface area contributed by atoms with E-state index in [1.807, 2.05) is 36.1 Å². The third kappa shape index (κ3) is 2.93. The summed E-state index contributed by atoms with van der Waals surface area (Å²) in [5, 5.41) is 8.09. The molecule has 5 rings (SSSR count). The van der Waals surface area contributed by atoms with Crippen molar-refractivity contribution in [3.63, 3.8) is 0 Å². The topological polar surface area (TPSA) is 49.7 Å². The number of hydrogen-bond acceptors (Lipinski definition) is 4. The predicted octanol–water partition coefficient (Wildman–Crippen LogP) is 4.57. The smallest absolute Gasteiger partial charge is 0.138 e. The number of benzene rings is 1. The Kier molecular flexibility index (Phi) is 4.17. The quantitative estimate of drug-likeness (QED) is 0.531. The molecule has 1 N–H and O–H groups in total. The summed E-state index contributed by atoms with van der Waals surface area (Å²) in [5.74, 6) is 0.594. The Morgan fingerprint density at radius 1 is 1.15 bits per heavy atom. The Balaban J connectivity index is 1.63. The van der Waals surface area contributed by atoms with Gasteiger partial charge in [-0.1, -0.05) is 24.1 Å². The molecular formula is C21H23N5S. The van der Waals surface area contributed by atoms with E-state index in [9.17, 15) is 0 Å². The van der Waals surface area contributed by atoms with Gasteiger partial charge in [-0.15, -0.1) is 0 Å². The van der Waals surface area contributed by atoms with Crippen LogP contribution in [0.25, 0.3) is 32.9 Å². The second-order valence-electron chi connectivity index (χ2n) is 7.32. The van der Waals surface area contributed by atoms with Crippen LogP contribution in [0.2, 0.25) is 0 Å². The Labute approximate surface area is 162 Å². The first-order valence-corrected chi connectivity index (χ1v) is 10.6. The fourth-order valence-corrected chi connectivity index (χ4v) is 4.83. The Bertz CT molecular complexity index is 1100. The minimum atomic E-state index is 0.594. The summed E-state index contributed by atoms with van der Waals surface area (Å²) >= 11 is 1.86. The molecule has 27 heavy (non-hydrogen) atoms. The van der Waals surface area contributed by atoms with Gasteiger partial charge in [-0.2, -0.15) is 5.10 Å². The summed E-state index contributed by atoms with van der Waals surface area (Å²) in [7, 11) is 1.96. The molecule has 1 aliphatic rings. The van der Waals surface area contributed by atoms with E-state index in [2.05, 4.69) is 56.2 Å². The molecule has 138 valence electrons. The molecule has 0 aliphatic carbocycles. The third-order valence-corrected chi connectivity index (χ3v) is 6.62. The van der Waals surface area contributed by atoms with Gasteiger partial charge in [-0.3, -0.25) is 8.99 Å². The average Bonchev–Trinajstić information content (AvgIpc) is 3.34. The van der Waals surface area contributed by atoms with Crippen LogP contribution in [0, 0.1) is 0 Å². The highest BCUT2D eigenvalue weighted by Gasteiger charge is 2.23. The van der Waals surface area contributed by atoms with Crippen LogP contribution in [-0.2, 0) is 7.05 Å². The largest absolute Gasteiger partial charge is 0.346 e. The maximum absolute atomic E-state index is 4.68. The monoisotopic (exact) mass is 377 g/mol. The standard InChI is InChI=1S/C21H23N5S/c1-25-13-17(11-24-25)15-3-4-16-10-22-21-20(18(16)9-15)19(12-23-21)14-5-7-26(27-2)8-6-14/h3-4,9-14H,5-8H2,1-2H3,(H,22,23). The van der Waals surface area contributed by atoms with Crippen molar-refractivity contribution in [2.24, 2.45) is 7.05 Å². The lowest BCUT2D eigenvalue weighted by Crippen LogP contribution is -2.27. The highest BCUT2D eigenvalue weighted by atomic mass is 32.2. The van der Waals surface area contributed by atoms with Gasteiger partial charge in [0, 0.05) is 55.1 Å². The Morgan fingerprint density at radius 2 is 2.00 bits per heavy atom. The van der Waals surface area contributed by atoms with Crippen LogP contribution in [0.3, 0.4) is 0 Å². The zero-order valence-electron chi connectivity index (χ0n) is 15.6. The van der Waals surface area contributed by atoms with Gasteiger partial charge in [0.15, 0.2) is 0 Å². The molecule has 0 saturated carbocycles. The van der Waals surface area contributed by atoms with Gasteiger partial charge in [-0.25, -0.2) is 4.98 Å². The van der Waals surface area contributed by atoms with Crippen molar-refractivity contribution in [3.8, 4) is 11.1 Å². The molecule has 4 aromatic rings. The molecule has 0 radical (unpaired) electrons. The van der Waals surface area contributed by atoms with E-state index in [1.165, 1.54) is 40.1 Å². The number of nitrogens with zero attached hydrogens (tertiary/aromatic N) is 4. The first-order chi connectivity index (χ1) is 13.2. The van der Waals surface area contributed by atoms with Crippen LogP contribution in [0.4, 0.5) is 0 Å². The van der Waals surface area contributed by atoms with Crippen LogP contribution in [0.1, 0.15) is 24.3 Å². The number of aromatic nitrogens is 4. The Morgan fingerprint density at radius 3 is 2.74 bits per heavy atom. The highest BCUT2D eigenvalue weighted by molar-refractivity contribution is 7.96. The lowest BCUT2D eigenvalue weighted by atomic mass is 9.89. The van der Waals surface area contributed by atoms with Crippen molar-refractivity contribution in [1.82, 2.24) is 24.1 Å². The van der Waals surface area contributed by atoms with Gasteiger partial charge < -0.3 is 4.98 Å². The normalized spacial score (nSPS) is 16.5. The van der Waals surface area contributed by atoms with Crippen LogP contribution < -0.4 is 0 Å². The summed E-state index contributed by atoms with van der Waals surface area (Å²) in [5.41, 5.74) is 4.77. The lowest BCUT2D eigenvalue weighted by molar-refractivity contribution is 0.348. The zero-order chi connectivity index (χ0) is 18.4. The van der Waals surface area contributed by atoms with E-state index >= 15 is 0 Å². The number of aryl methyl sites for hydroxylation is 1. The number of hydrogen-bond donors (Lipinski definition) is 1. The molecule has 5 nitrogen and oxygen atoms in total. The Hall–Kier alpha value is -2.31. The maximum atomic E-state index is 4.68. The van der Waals surface area contributed by atoms with Gasteiger partial charge in [0.1, 0.15) is 5.65 Å². The van der Waals surface area contributed by atoms with Crippen molar-refractivity contribution >= 4 is 33.8 Å². The number of nitrogens with one attached hydrogen (secondary N) is 1. The van der Waals surface area contributed by atoms with E-state index < -0.39 is 0 Å². The van der Waals surface area contributed by atoms with Crippen LogP contribution in [0.15, 0.2) is 43.0 Å². The van der Waals surface area contributed by atoms with Crippen molar-refractivity contribution in [1.29, 1.82) is 0 Å². The van der Waals surface area contributed by atoms with Crippen molar-refractivity contribution < 1.29 is 0 Å². The molecular weight excluding hydrogens is 354 g/mol. The third-order valence-electron chi connectivity index (χ3n) is 5.74. The van der Waals surface area contributed by atoms with Gasteiger partial charge in [0.05, 0.1) is 6.20 Å². The molecule has 1 saturated heterocycles. The van der Waals surface area contributed by atoms with Gasteiger partial charge >= 0.3 is 0 Å². The van der Waals surface area contributed by atoms with Gasteiger partial charge in [0.25, 0.3) is 0 Å². The second-order valence-corrected chi connectivity index (χ2v) is 8.20. The fourth-order valence-electron chi connectivity index (χ4n) is 4.25. The maximum Gasteiger partial charge on any atom is 0.138 e. The molecule has 1 aromatic carbocycles. The summed E-state index contributed by atoms with van der Waals surface area (Å²) < 4.78 is 4.31. The summed E-state index contributed by atoms with van der Waals surface area (Å²) in [6.07, 6.45) is 12.7. The first kappa shape index (κ1) is 16.8. The highest BCUT2D eigenvalue weighted by Crippen LogP contribution is 2.38. The molecule has 1 aliphatic heterocycles. The number of aromatic amines is 1. The fraction of sp³-hybridized carbons (Fsp3) is 0.333. The second kappa shape index (κ2) is 6.69. The van der Waals surface area contributed by atoms with Crippen LogP contribution in [-0.4, -0.2) is 43.4 Å². The first-order valence-electron chi connectivity index (χ1n) is 9.41. The predicted molar refractivity (Wildman–Crippen MR) is 113 cm³/mol. The number of piperidine rings is 1. The molecule has 0 bridgehead atoms. The van der Waals surface area contributed by atoms with Gasteiger partial charge in [0.2, 0.25) is 0 Å². The molecule has 4 heterocycles. The molecule has 0 atom stereocenters. The molecule has 3 aromatic heterocycles. The van der Waals surface area contributed by atoms with E-state index in [1.54, 1.807) is 0 Å². The van der Waals surface area contributed by atoms with E-state index in [0.717, 1.165) is 24.3 Å². The average molecular weight is 378 g/mol. The summed E-state index contributed by atoms with van der Waals surface area (Å²) in [4.78, 5) is 8.10. The lowest BCUT2D eigenvalue weighted by Gasteiger charge is -2.30. The van der Waals surface area contributed by atoms with Crippen molar-refractivity contribution in [3.05, 3.63) is 48.5 Å². The van der Waals surface area contributed by atoms with Crippen LogP contribution >= 0.6 is 11.9 Å². The van der Waals surface area contributed by atoms with Crippen LogP contribution in [0.5, 0.6) is 0 Å².